The molecule has 0 unspecified atom stereocenters. The summed E-state index contributed by atoms with van der Waals surface area (Å²) in [7, 11) is 0. The Bertz CT molecular complexity index is 610. The number of phenols is 1. The Hall–Kier alpha value is -2.24. The lowest BCUT2D eigenvalue weighted by Crippen LogP contribution is -2.12. The fraction of sp³-hybridized carbons (Fsp3) is 0.143. The molecule has 0 aliphatic rings. The van der Waals surface area contributed by atoms with E-state index in [0.717, 1.165) is 12.1 Å². The van der Waals surface area contributed by atoms with E-state index in [4.69, 9.17) is 0 Å². The van der Waals surface area contributed by atoms with Crippen molar-refractivity contribution in [3.05, 3.63) is 59.4 Å². The quantitative estimate of drug-likeness (QED) is 0.830. The molecule has 0 aliphatic heterocycles. The number of hydrogen-bond donors (Lipinski definition) is 2. The molecule has 0 radical (unpaired) electrons. The topological polar surface area (TPSA) is 32.3 Å². The van der Waals surface area contributed by atoms with Gasteiger partial charge in [-0.25, -0.2) is 4.39 Å². The van der Waals surface area contributed by atoms with Crippen LogP contribution in [0.25, 0.3) is 0 Å². The van der Waals surface area contributed by atoms with Crippen LogP contribution in [0.15, 0.2) is 42.5 Å². The summed E-state index contributed by atoms with van der Waals surface area (Å²) in [5.74, 6) is -0.927. The second-order valence-corrected chi connectivity index (χ2v) is 4.20. The van der Waals surface area contributed by atoms with Gasteiger partial charge in [0, 0.05) is 18.3 Å². The van der Waals surface area contributed by atoms with Crippen LogP contribution in [0, 0.1) is 5.82 Å². The van der Waals surface area contributed by atoms with Crippen molar-refractivity contribution in [3.63, 3.8) is 0 Å². The summed E-state index contributed by atoms with van der Waals surface area (Å²) in [6.07, 6.45) is -4.61. The number of phenolic OH excluding ortho intramolecular Hbond substituents is 1. The molecular weight excluding hydrogens is 274 g/mol. The Balaban J connectivity index is 2.21. The van der Waals surface area contributed by atoms with Gasteiger partial charge in [0.2, 0.25) is 0 Å². The van der Waals surface area contributed by atoms with E-state index in [-0.39, 0.29) is 17.9 Å². The summed E-state index contributed by atoms with van der Waals surface area (Å²) < 4.78 is 51.3. The summed E-state index contributed by atoms with van der Waals surface area (Å²) in [5, 5.41) is 12.0. The minimum atomic E-state index is -4.61. The first-order chi connectivity index (χ1) is 9.36. The molecule has 0 aliphatic carbocycles. The molecule has 0 atom stereocenters. The first-order valence-electron chi connectivity index (χ1n) is 5.75. The van der Waals surface area contributed by atoms with E-state index in [2.05, 4.69) is 5.32 Å². The maximum Gasteiger partial charge on any atom is 0.416 e. The zero-order valence-electron chi connectivity index (χ0n) is 10.2. The Labute approximate surface area is 112 Å². The predicted octanol–water partition coefficient (Wildman–Crippen LogP) is 4.16. The number of alkyl halides is 3. The first-order valence-corrected chi connectivity index (χ1v) is 5.75. The monoisotopic (exact) mass is 285 g/mol. The van der Waals surface area contributed by atoms with Crippen LogP contribution in [0.2, 0.25) is 0 Å². The number of anilines is 1. The number of aromatic hydroxyl groups is 1. The van der Waals surface area contributed by atoms with Gasteiger partial charge in [-0.2, -0.15) is 13.2 Å². The van der Waals surface area contributed by atoms with E-state index in [9.17, 15) is 22.7 Å². The summed E-state index contributed by atoms with van der Waals surface area (Å²) in [6, 6.07) is 8.55. The molecule has 106 valence electrons. The van der Waals surface area contributed by atoms with E-state index < -0.39 is 17.6 Å². The van der Waals surface area contributed by atoms with Crippen molar-refractivity contribution in [1.29, 1.82) is 0 Å². The minimum Gasteiger partial charge on any atom is -0.508 e. The van der Waals surface area contributed by atoms with Crippen LogP contribution in [0.4, 0.5) is 23.2 Å². The SMILES string of the molecule is Oc1cccc(NCc2ccc(F)cc2C(F)(F)F)c1. The average Bonchev–Trinajstić information content (AvgIpc) is 2.36. The average molecular weight is 285 g/mol. The van der Waals surface area contributed by atoms with Crippen LogP contribution in [0.3, 0.4) is 0 Å². The van der Waals surface area contributed by atoms with Gasteiger partial charge in [-0.15, -0.1) is 0 Å². The Morgan fingerprint density at radius 1 is 1.05 bits per heavy atom. The van der Waals surface area contributed by atoms with Crippen molar-refractivity contribution < 1.29 is 22.7 Å². The molecule has 2 rings (SSSR count). The number of hydrogen-bond acceptors (Lipinski definition) is 2. The fourth-order valence-corrected chi connectivity index (χ4v) is 1.78. The zero-order chi connectivity index (χ0) is 14.8. The van der Waals surface area contributed by atoms with E-state index in [0.29, 0.717) is 11.8 Å². The van der Waals surface area contributed by atoms with Crippen LogP contribution in [-0.4, -0.2) is 5.11 Å². The number of halogens is 4. The molecule has 0 heterocycles. The zero-order valence-corrected chi connectivity index (χ0v) is 10.2. The third kappa shape index (κ3) is 3.40. The lowest BCUT2D eigenvalue weighted by molar-refractivity contribution is -0.138. The van der Waals surface area contributed by atoms with Crippen molar-refractivity contribution in [2.45, 2.75) is 12.7 Å². The Morgan fingerprint density at radius 3 is 2.45 bits per heavy atom. The van der Waals surface area contributed by atoms with E-state index in [1.165, 1.54) is 12.1 Å². The van der Waals surface area contributed by atoms with Crippen molar-refractivity contribution in [2.75, 3.05) is 5.32 Å². The third-order valence-corrected chi connectivity index (χ3v) is 2.71. The van der Waals surface area contributed by atoms with Crippen molar-refractivity contribution in [1.82, 2.24) is 0 Å². The van der Waals surface area contributed by atoms with Crippen LogP contribution in [0.1, 0.15) is 11.1 Å². The second-order valence-electron chi connectivity index (χ2n) is 4.20. The van der Waals surface area contributed by atoms with Gasteiger partial charge >= 0.3 is 6.18 Å². The van der Waals surface area contributed by atoms with E-state index >= 15 is 0 Å². The molecule has 2 aromatic carbocycles. The molecule has 0 spiro atoms. The van der Waals surface area contributed by atoms with Crippen LogP contribution >= 0.6 is 0 Å². The molecule has 6 heteroatoms. The standard InChI is InChI=1S/C14H11F4NO/c15-10-5-4-9(13(6-10)14(16,17)18)8-19-11-2-1-3-12(20)7-11/h1-7,19-20H,8H2. The molecule has 0 aromatic heterocycles. The number of rotatable bonds is 3. The van der Waals surface area contributed by atoms with Gasteiger partial charge in [0.15, 0.2) is 0 Å². The molecule has 2 N–H and O–H groups in total. The molecule has 2 nitrogen and oxygen atoms in total. The first kappa shape index (κ1) is 14.2. The minimum absolute atomic E-state index is 0.00477. The summed E-state index contributed by atoms with van der Waals surface area (Å²) >= 11 is 0. The smallest absolute Gasteiger partial charge is 0.416 e. The largest absolute Gasteiger partial charge is 0.508 e. The highest BCUT2D eigenvalue weighted by Gasteiger charge is 2.33. The van der Waals surface area contributed by atoms with Gasteiger partial charge < -0.3 is 10.4 Å². The normalized spacial score (nSPS) is 11.4. The molecule has 0 fully saturated rings. The molecule has 0 amide bonds. The van der Waals surface area contributed by atoms with Gasteiger partial charge in [-0.1, -0.05) is 12.1 Å². The third-order valence-electron chi connectivity index (χ3n) is 2.71. The number of nitrogens with one attached hydrogen (secondary N) is 1. The van der Waals surface area contributed by atoms with Crippen LogP contribution in [-0.2, 0) is 12.7 Å². The van der Waals surface area contributed by atoms with E-state index in [1.807, 2.05) is 0 Å². The highest BCUT2D eigenvalue weighted by atomic mass is 19.4. The van der Waals surface area contributed by atoms with Crippen molar-refractivity contribution in [2.24, 2.45) is 0 Å². The van der Waals surface area contributed by atoms with Gasteiger partial charge in [0.25, 0.3) is 0 Å². The van der Waals surface area contributed by atoms with Gasteiger partial charge in [0.05, 0.1) is 5.56 Å². The summed E-state index contributed by atoms with van der Waals surface area (Å²) in [6.45, 7) is -0.126. The highest BCUT2D eigenvalue weighted by Crippen LogP contribution is 2.33. The van der Waals surface area contributed by atoms with Crippen LogP contribution < -0.4 is 5.32 Å². The van der Waals surface area contributed by atoms with Gasteiger partial charge in [-0.3, -0.25) is 0 Å². The fourth-order valence-electron chi connectivity index (χ4n) is 1.78. The molecular formula is C14H11F4NO. The van der Waals surface area contributed by atoms with Gasteiger partial charge in [-0.05, 0) is 29.8 Å². The number of benzene rings is 2. The van der Waals surface area contributed by atoms with Crippen molar-refractivity contribution >= 4 is 5.69 Å². The lowest BCUT2D eigenvalue weighted by atomic mass is 10.1. The van der Waals surface area contributed by atoms with Gasteiger partial charge in [0.1, 0.15) is 11.6 Å². The maximum absolute atomic E-state index is 12.9. The molecule has 0 saturated heterocycles. The Morgan fingerprint density at radius 2 is 1.80 bits per heavy atom. The summed E-state index contributed by atoms with van der Waals surface area (Å²) in [4.78, 5) is 0. The molecule has 20 heavy (non-hydrogen) atoms. The lowest BCUT2D eigenvalue weighted by Gasteiger charge is -2.14. The van der Waals surface area contributed by atoms with Crippen molar-refractivity contribution in [3.8, 4) is 5.75 Å². The second kappa shape index (κ2) is 5.40. The molecule has 0 saturated carbocycles. The predicted molar refractivity (Wildman–Crippen MR) is 66.8 cm³/mol. The summed E-state index contributed by atoms with van der Waals surface area (Å²) in [5.41, 5.74) is -0.602. The molecule has 0 bridgehead atoms. The van der Waals surface area contributed by atoms with Crippen LogP contribution in [0.5, 0.6) is 5.75 Å². The highest BCUT2D eigenvalue weighted by molar-refractivity contribution is 5.48. The Kier molecular flexibility index (Phi) is 3.83. The van der Waals surface area contributed by atoms with E-state index in [1.54, 1.807) is 12.1 Å². The maximum atomic E-state index is 12.9. The molecule has 2 aromatic rings.